The molecule has 0 saturated carbocycles. The van der Waals surface area contributed by atoms with Crippen LogP contribution in [0, 0.1) is 5.92 Å². The third-order valence-electron chi connectivity index (χ3n) is 3.19. The van der Waals surface area contributed by atoms with Crippen LogP contribution >= 0.6 is 0 Å². The molecule has 1 radical (unpaired) electrons. The maximum Gasteiger partial charge on any atom is 0.0822 e. The minimum Gasteiger partial charge on any atom is -0.237 e. The Kier molecular flexibility index (Phi) is 12.0. The Hall–Kier alpha value is -0.0400. The standard InChI is InChI=1S/C14H29O/c1-3-5-7-8-11-14(10-6-4-2)12-9-13-15/h14H,3-13H2,1-2H3. The molecule has 0 N–H and O–H groups in total. The second-order valence-corrected chi connectivity index (χ2v) is 4.70. The van der Waals surface area contributed by atoms with Gasteiger partial charge >= 0.3 is 0 Å². The highest BCUT2D eigenvalue weighted by Gasteiger charge is 2.07. The van der Waals surface area contributed by atoms with Gasteiger partial charge in [-0.2, -0.15) is 0 Å². The van der Waals surface area contributed by atoms with Crippen molar-refractivity contribution in [3.05, 3.63) is 0 Å². The summed E-state index contributed by atoms with van der Waals surface area (Å²) >= 11 is 0. The van der Waals surface area contributed by atoms with Crippen LogP contribution in [0.2, 0.25) is 0 Å². The van der Waals surface area contributed by atoms with Crippen LogP contribution in [0.15, 0.2) is 0 Å². The van der Waals surface area contributed by atoms with Gasteiger partial charge in [-0.05, 0) is 18.8 Å². The molecule has 0 fully saturated rings. The number of unbranched alkanes of at least 4 members (excludes halogenated alkanes) is 4. The fraction of sp³-hybridized carbons (Fsp3) is 1.00. The van der Waals surface area contributed by atoms with E-state index in [1.807, 2.05) is 0 Å². The quantitative estimate of drug-likeness (QED) is 0.432. The lowest BCUT2D eigenvalue weighted by atomic mass is 9.91. The Balaban J connectivity index is 3.49. The Morgan fingerprint density at radius 3 is 1.93 bits per heavy atom. The van der Waals surface area contributed by atoms with Crippen LogP contribution in [0.1, 0.15) is 78.1 Å². The van der Waals surface area contributed by atoms with Crippen molar-refractivity contribution in [3.8, 4) is 0 Å². The third kappa shape index (κ3) is 10.2. The first-order valence-corrected chi connectivity index (χ1v) is 6.93. The van der Waals surface area contributed by atoms with E-state index >= 15 is 0 Å². The van der Waals surface area contributed by atoms with Gasteiger partial charge in [0.25, 0.3) is 0 Å². The van der Waals surface area contributed by atoms with Crippen LogP contribution in [0.3, 0.4) is 0 Å². The average Bonchev–Trinajstić information content (AvgIpc) is 2.27. The van der Waals surface area contributed by atoms with Crippen molar-refractivity contribution in [2.75, 3.05) is 6.61 Å². The predicted molar refractivity (Wildman–Crippen MR) is 66.6 cm³/mol. The van der Waals surface area contributed by atoms with Gasteiger partial charge in [0.15, 0.2) is 0 Å². The zero-order valence-electron chi connectivity index (χ0n) is 10.8. The molecule has 0 rings (SSSR count). The van der Waals surface area contributed by atoms with Crippen molar-refractivity contribution in [2.45, 2.75) is 78.1 Å². The number of hydrogen-bond donors (Lipinski definition) is 0. The lowest BCUT2D eigenvalue weighted by Crippen LogP contribution is -2.02. The van der Waals surface area contributed by atoms with Crippen LogP contribution in [0.5, 0.6) is 0 Å². The largest absolute Gasteiger partial charge is 0.237 e. The monoisotopic (exact) mass is 213 g/mol. The molecule has 1 nitrogen and oxygen atoms in total. The highest BCUT2D eigenvalue weighted by atomic mass is 16.2. The molecule has 0 aromatic heterocycles. The van der Waals surface area contributed by atoms with Crippen molar-refractivity contribution in [1.29, 1.82) is 0 Å². The number of hydrogen-bond acceptors (Lipinski definition) is 0. The van der Waals surface area contributed by atoms with Crippen LogP contribution in [0.4, 0.5) is 0 Å². The van der Waals surface area contributed by atoms with Crippen molar-refractivity contribution in [2.24, 2.45) is 5.92 Å². The lowest BCUT2D eigenvalue weighted by Gasteiger charge is -2.15. The van der Waals surface area contributed by atoms with E-state index in [0.29, 0.717) is 0 Å². The van der Waals surface area contributed by atoms with Crippen LogP contribution in [-0.4, -0.2) is 6.61 Å². The van der Waals surface area contributed by atoms with Gasteiger partial charge in [-0.15, -0.1) is 0 Å². The molecular weight excluding hydrogens is 184 g/mol. The molecule has 1 unspecified atom stereocenters. The van der Waals surface area contributed by atoms with Gasteiger partial charge in [-0.25, -0.2) is 5.11 Å². The first-order valence-electron chi connectivity index (χ1n) is 6.93. The van der Waals surface area contributed by atoms with E-state index in [2.05, 4.69) is 13.8 Å². The van der Waals surface area contributed by atoms with Crippen molar-refractivity contribution >= 4 is 0 Å². The molecule has 0 bridgehead atoms. The average molecular weight is 213 g/mol. The van der Waals surface area contributed by atoms with Crippen LogP contribution in [0.25, 0.3) is 0 Å². The molecule has 0 aliphatic heterocycles. The topological polar surface area (TPSA) is 19.9 Å². The van der Waals surface area contributed by atoms with Crippen molar-refractivity contribution < 1.29 is 5.11 Å². The van der Waals surface area contributed by atoms with Gasteiger partial charge in [0.1, 0.15) is 0 Å². The van der Waals surface area contributed by atoms with Gasteiger partial charge in [-0.3, -0.25) is 0 Å². The first kappa shape index (κ1) is 15.0. The highest BCUT2D eigenvalue weighted by Crippen LogP contribution is 2.21. The molecule has 0 aromatic rings. The Morgan fingerprint density at radius 2 is 1.33 bits per heavy atom. The zero-order valence-corrected chi connectivity index (χ0v) is 10.8. The van der Waals surface area contributed by atoms with Crippen molar-refractivity contribution in [1.82, 2.24) is 0 Å². The highest BCUT2D eigenvalue weighted by molar-refractivity contribution is 4.60. The molecule has 0 aliphatic carbocycles. The van der Waals surface area contributed by atoms with Gasteiger partial charge in [0.05, 0.1) is 6.61 Å². The van der Waals surface area contributed by atoms with E-state index in [1.54, 1.807) is 0 Å². The second-order valence-electron chi connectivity index (χ2n) is 4.70. The summed E-state index contributed by atoms with van der Waals surface area (Å²) in [6, 6.07) is 0. The molecule has 15 heavy (non-hydrogen) atoms. The Morgan fingerprint density at radius 1 is 0.733 bits per heavy atom. The second kappa shape index (κ2) is 12.0. The summed E-state index contributed by atoms with van der Waals surface area (Å²) in [7, 11) is 0. The smallest absolute Gasteiger partial charge is 0.0822 e. The van der Waals surface area contributed by atoms with E-state index in [1.165, 1.54) is 57.8 Å². The minimum absolute atomic E-state index is 0.123. The van der Waals surface area contributed by atoms with E-state index in [4.69, 9.17) is 0 Å². The Bertz CT molecular complexity index is 104. The Labute approximate surface area is 96.3 Å². The molecule has 0 amide bonds. The minimum atomic E-state index is 0.123. The molecule has 0 aromatic carbocycles. The molecular formula is C14H29O. The SMILES string of the molecule is CCCCCCC(CCCC)CCC[O]. The molecule has 0 saturated heterocycles. The molecule has 91 valence electrons. The zero-order chi connectivity index (χ0) is 11.4. The predicted octanol–water partition coefficient (Wildman–Crippen LogP) is 4.97. The van der Waals surface area contributed by atoms with E-state index in [9.17, 15) is 5.11 Å². The molecule has 1 heteroatoms. The lowest BCUT2D eigenvalue weighted by molar-refractivity contribution is 0.177. The summed E-state index contributed by atoms with van der Waals surface area (Å²) in [6.07, 6.45) is 12.9. The molecule has 0 heterocycles. The maximum absolute atomic E-state index is 10.5. The summed E-state index contributed by atoms with van der Waals surface area (Å²) in [5, 5.41) is 10.5. The summed E-state index contributed by atoms with van der Waals surface area (Å²) in [5.41, 5.74) is 0. The maximum atomic E-state index is 10.5. The summed E-state index contributed by atoms with van der Waals surface area (Å²) < 4.78 is 0. The fourth-order valence-corrected chi connectivity index (χ4v) is 2.16. The van der Waals surface area contributed by atoms with Crippen molar-refractivity contribution in [3.63, 3.8) is 0 Å². The normalized spacial score (nSPS) is 13.0. The molecule has 0 spiro atoms. The summed E-state index contributed by atoms with van der Waals surface area (Å²) in [5.74, 6) is 0.843. The summed E-state index contributed by atoms with van der Waals surface area (Å²) in [6.45, 7) is 4.63. The van der Waals surface area contributed by atoms with Gasteiger partial charge < -0.3 is 0 Å². The summed E-state index contributed by atoms with van der Waals surface area (Å²) in [4.78, 5) is 0. The van der Waals surface area contributed by atoms with Gasteiger partial charge in [-0.1, -0.05) is 65.2 Å². The molecule has 0 aliphatic rings. The van der Waals surface area contributed by atoms with E-state index in [-0.39, 0.29) is 6.61 Å². The van der Waals surface area contributed by atoms with Gasteiger partial charge in [0, 0.05) is 0 Å². The third-order valence-corrected chi connectivity index (χ3v) is 3.19. The molecule has 1 atom stereocenters. The first-order chi connectivity index (χ1) is 7.35. The number of rotatable bonds is 11. The van der Waals surface area contributed by atoms with E-state index < -0.39 is 0 Å². The van der Waals surface area contributed by atoms with Gasteiger partial charge in [0.2, 0.25) is 0 Å². The fourth-order valence-electron chi connectivity index (χ4n) is 2.16. The van der Waals surface area contributed by atoms with E-state index in [0.717, 1.165) is 12.3 Å². The van der Waals surface area contributed by atoms with Crippen LogP contribution in [-0.2, 0) is 5.11 Å². The van der Waals surface area contributed by atoms with Crippen LogP contribution < -0.4 is 0 Å².